The summed E-state index contributed by atoms with van der Waals surface area (Å²) in [4.78, 5) is 17.3. The average molecular weight is 503 g/mol. The van der Waals surface area contributed by atoms with Gasteiger partial charge in [-0.15, -0.1) is 0 Å². The van der Waals surface area contributed by atoms with E-state index in [0.717, 1.165) is 32.0 Å². The van der Waals surface area contributed by atoms with Crippen molar-refractivity contribution in [2.45, 2.75) is 76.7 Å². The molecule has 37 heavy (non-hydrogen) atoms. The molecule has 0 unspecified atom stereocenters. The van der Waals surface area contributed by atoms with Crippen molar-refractivity contribution in [3.63, 3.8) is 0 Å². The number of aliphatic carboxylic acids is 1. The summed E-state index contributed by atoms with van der Waals surface area (Å²) in [5.41, 5.74) is 4.16. The Morgan fingerprint density at radius 3 is 2.43 bits per heavy atom. The Bertz CT molecular complexity index is 996. The van der Waals surface area contributed by atoms with Crippen molar-refractivity contribution in [3.8, 4) is 0 Å². The highest BCUT2D eigenvalue weighted by Gasteiger charge is 2.41. The first-order valence-electron chi connectivity index (χ1n) is 14.8. The maximum Gasteiger partial charge on any atom is 0.320 e. The molecule has 0 radical (unpaired) electrons. The molecule has 200 valence electrons. The fourth-order valence-electron chi connectivity index (χ4n) is 7.10. The van der Waals surface area contributed by atoms with Crippen LogP contribution in [0.1, 0.15) is 74.0 Å². The molecule has 2 saturated heterocycles. The van der Waals surface area contributed by atoms with Crippen LogP contribution in [0.5, 0.6) is 0 Å². The number of carboxylic acid groups (broad SMARTS) is 1. The summed E-state index contributed by atoms with van der Waals surface area (Å²) >= 11 is 0. The molecule has 5 rings (SSSR count). The first-order valence-corrected chi connectivity index (χ1v) is 14.8. The number of carbonyl (C=O) groups is 1. The number of carboxylic acids is 1. The molecular formula is C33H46N2O2. The number of aryl methyl sites for hydroxylation is 2. The van der Waals surface area contributed by atoms with Crippen molar-refractivity contribution in [3.05, 3.63) is 71.3 Å². The SMILES string of the molecule is Cc1cccc([C@H]2CN([C@H](CC3CCC3)C(=O)O)C[C@@H]2CN2CCC(CCCc3ccccc3)CC2)c1. The fraction of sp³-hybridized carbons (Fsp3) is 0.606. The minimum absolute atomic E-state index is 0.321. The van der Waals surface area contributed by atoms with Crippen LogP contribution in [0.15, 0.2) is 54.6 Å². The predicted octanol–water partition coefficient (Wildman–Crippen LogP) is 6.39. The molecule has 4 heteroatoms. The molecule has 0 spiro atoms. The Morgan fingerprint density at radius 1 is 0.973 bits per heavy atom. The van der Waals surface area contributed by atoms with Crippen LogP contribution in [-0.4, -0.2) is 59.6 Å². The number of rotatable bonds is 11. The van der Waals surface area contributed by atoms with E-state index in [0.29, 0.717) is 17.8 Å². The van der Waals surface area contributed by atoms with Crippen LogP contribution in [0.3, 0.4) is 0 Å². The first-order chi connectivity index (χ1) is 18.0. The molecule has 2 aromatic carbocycles. The molecule has 3 atom stereocenters. The van der Waals surface area contributed by atoms with E-state index in [2.05, 4.69) is 71.3 Å². The van der Waals surface area contributed by atoms with Crippen LogP contribution in [-0.2, 0) is 11.2 Å². The number of hydrogen-bond donors (Lipinski definition) is 1. The second-order valence-corrected chi connectivity index (χ2v) is 12.2. The molecule has 0 aromatic heterocycles. The number of hydrogen-bond acceptors (Lipinski definition) is 3. The van der Waals surface area contributed by atoms with Crippen molar-refractivity contribution in [1.82, 2.24) is 9.80 Å². The van der Waals surface area contributed by atoms with Crippen molar-refractivity contribution >= 4 is 5.97 Å². The molecule has 1 saturated carbocycles. The van der Waals surface area contributed by atoms with E-state index < -0.39 is 5.97 Å². The monoisotopic (exact) mass is 502 g/mol. The van der Waals surface area contributed by atoms with Gasteiger partial charge in [-0.05, 0) is 81.0 Å². The smallest absolute Gasteiger partial charge is 0.320 e. The van der Waals surface area contributed by atoms with Gasteiger partial charge in [0.25, 0.3) is 0 Å². The van der Waals surface area contributed by atoms with E-state index >= 15 is 0 Å². The molecule has 1 aliphatic carbocycles. The minimum atomic E-state index is -0.619. The first kappa shape index (κ1) is 26.4. The Kier molecular flexibility index (Phi) is 8.99. The lowest BCUT2D eigenvalue weighted by atomic mass is 9.80. The lowest BCUT2D eigenvalue weighted by Crippen LogP contribution is -2.43. The highest BCUT2D eigenvalue weighted by atomic mass is 16.4. The van der Waals surface area contributed by atoms with Crippen LogP contribution in [0.4, 0.5) is 0 Å². The quantitative estimate of drug-likeness (QED) is 0.387. The number of benzene rings is 2. The van der Waals surface area contributed by atoms with Gasteiger partial charge >= 0.3 is 5.97 Å². The van der Waals surface area contributed by atoms with E-state index in [1.165, 1.54) is 81.1 Å². The number of nitrogens with zero attached hydrogens (tertiary/aromatic N) is 2. The van der Waals surface area contributed by atoms with Gasteiger partial charge in [0.2, 0.25) is 0 Å². The number of piperidine rings is 1. The van der Waals surface area contributed by atoms with Crippen LogP contribution in [0.25, 0.3) is 0 Å². The molecule has 4 nitrogen and oxygen atoms in total. The molecule has 3 aliphatic rings. The van der Waals surface area contributed by atoms with Crippen LogP contribution in [0.2, 0.25) is 0 Å². The Morgan fingerprint density at radius 2 is 1.76 bits per heavy atom. The van der Waals surface area contributed by atoms with Gasteiger partial charge in [-0.25, -0.2) is 0 Å². The van der Waals surface area contributed by atoms with Crippen molar-refractivity contribution in [1.29, 1.82) is 0 Å². The van der Waals surface area contributed by atoms with Gasteiger partial charge in [0.05, 0.1) is 0 Å². The summed E-state index contributed by atoms with van der Waals surface area (Å²) in [7, 11) is 0. The highest BCUT2D eigenvalue weighted by Crippen LogP contribution is 2.38. The molecule has 0 amide bonds. The lowest BCUT2D eigenvalue weighted by Gasteiger charge is -2.35. The summed E-state index contributed by atoms with van der Waals surface area (Å²) < 4.78 is 0. The molecule has 2 aliphatic heterocycles. The van der Waals surface area contributed by atoms with Crippen molar-refractivity contribution in [2.75, 3.05) is 32.7 Å². The van der Waals surface area contributed by atoms with Gasteiger partial charge in [-0.1, -0.05) is 85.8 Å². The maximum absolute atomic E-state index is 12.3. The lowest BCUT2D eigenvalue weighted by molar-refractivity contribution is -0.144. The van der Waals surface area contributed by atoms with Crippen LogP contribution < -0.4 is 0 Å². The summed E-state index contributed by atoms with van der Waals surface area (Å²) in [5.74, 6) is 1.77. The third-order valence-electron chi connectivity index (χ3n) is 9.57. The van der Waals surface area contributed by atoms with Crippen LogP contribution >= 0.6 is 0 Å². The molecule has 2 heterocycles. The van der Waals surface area contributed by atoms with E-state index in [4.69, 9.17) is 0 Å². The van der Waals surface area contributed by atoms with Gasteiger partial charge in [-0.3, -0.25) is 9.69 Å². The van der Waals surface area contributed by atoms with Crippen molar-refractivity contribution < 1.29 is 9.90 Å². The average Bonchev–Trinajstić information content (AvgIpc) is 3.28. The molecular weight excluding hydrogens is 456 g/mol. The normalized spacial score (nSPS) is 24.7. The zero-order chi connectivity index (χ0) is 25.6. The van der Waals surface area contributed by atoms with E-state index in [1.54, 1.807) is 0 Å². The van der Waals surface area contributed by atoms with Crippen LogP contribution in [0, 0.1) is 24.7 Å². The Balaban J connectivity index is 1.17. The zero-order valence-electron chi connectivity index (χ0n) is 22.7. The van der Waals surface area contributed by atoms with Gasteiger partial charge in [0.15, 0.2) is 0 Å². The van der Waals surface area contributed by atoms with Crippen molar-refractivity contribution in [2.24, 2.45) is 17.8 Å². The molecule has 1 N–H and O–H groups in total. The number of likely N-dealkylation sites (tertiary alicyclic amines) is 2. The second kappa shape index (κ2) is 12.6. The predicted molar refractivity (Wildman–Crippen MR) is 151 cm³/mol. The van der Waals surface area contributed by atoms with Gasteiger partial charge in [-0.2, -0.15) is 0 Å². The topological polar surface area (TPSA) is 43.8 Å². The van der Waals surface area contributed by atoms with Gasteiger partial charge < -0.3 is 10.0 Å². The van der Waals surface area contributed by atoms with Gasteiger partial charge in [0, 0.05) is 25.6 Å². The largest absolute Gasteiger partial charge is 0.480 e. The molecule has 3 fully saturated rings. The summed E-state index contributed by atoms with van der Waals surface area (Å²) in [6.07, 6.45) is 11.0. The third-order valence-corrected chi connectivity index (χ3v) is 9.57. The maximum atomic E-state index is 12.3. The summed E-state index contributed by atoms with van der Waals surface area (Å²) in [5, 5.41) is 10.1. The Labute approximate surface area is 224 Å². The fourth-order valence-corrected chi connectivity index (χ4v) is 7.10. The summed E-state index contributed by atoms with van der Waals surface area (Å²) in [6, 6.07) is 19.5. The third kappa shape index (κ3) is 7.03. The Hall–Kier alpha value is -2.17. The zero-order valence-corrected chi connectivity index (χ0v) is 22.7. The standard InChI is InChI=1S/C33H46N2O2/c1-25-8-5-15-29(20-25)31-24-35(32(33(36)37)21-28-13-7-14-28)23-30(31)22-34-18-16-27(17-19-34)12-6-11-26-9-3-2-4-10-26/h2-5,8-10,15,20,27-28,30-32H,6-7,11-14,16-19,21-24H2,1H3,(H,36,37)/t30-,31+,32+/m0/s1. The van der Waals surface area contributed by atoms with E-state index in [-0.39, 0.29) is 6.04 Å². The molecule has 0 bridgehead atoms. The van der Waals surface area contributed by atoms with Gasteiger partial charge in [0.1, 0.15) is 6.04 Å². The molecule has 2 aromatic rings. The highest BCUT2D eigenvalue weighted by molar-refractivity contribution is 5.73. The summed E-state index contributed by atoms with van der Waals surface area (Å²) in [6.45, 7) is 7.45. The van der Waals surface area contributed by atoms with E-state index in [1.807, 2.05) is 0 Å². The minimum Gasteiger partial charge on any atom is -0.480 e. The second-order valence-electron chi connectivity index (χ2n) is 12.2. The van der Waals surface area contributed by atoms with E-state index in [9.17, 15) is 9.90 Å².